The van der Waals surface area contributed by atoms with Crippen LogP contribution in [0.2, 0.25) is 0 Å². The molecule has 0 aliphatic carbocycles. The molecule has 2 aliphatic rings. The van der Waals surface area contributed by atoms with E-state index in [1.54, 1.807) is 12.1 Å². The zero-order valence-electron chi connectivity index (χ0n) is 15.3. The maximum atomic E-state index is 13.1. The minimum atomic E-state index is -0.468. The van der Waals surface area contributed by atoms with Crippen LogP contribution >= 0.6 is 0 Å². The van der Waals surface area contributed by atoms with E-state index >= 15 is 0 Å². The lowest BCUT2D eigenvalue weighted by molar-refractivity contribution is -0.123. The van der Waals surface area contributed by atoms with E-state index < -0.39 is 11.9 Å². The number of imide groups is 1. The van der Waals surface area contributed by atoms with E-state index in [1.165, 1.54) is 36.4 Å². The van der Waals surface area contributed by atoms with E-state index in [1.807, 2.05) is 4.90 Å². The second-order valence-electron chi connectivity index (χ2n) is 7.23. The first kappa shape index (κ1) is 18.6. The number of hydrogen-bond acceptors (Lipinski definition) is 4. The van der Waals surface area contributed by atoms with Crippen molar-refractivity contribution < 1.29 is 18.4 Å². The van der Waals surface area contributed by atoms with Gasteiger partial charge < -0.3 is 5.32 Å². The van der Waals surface area contributed by atoms with E-state index in [4.69, 9.17) is 0 Å². The number of hydrogen-bond donors (Lipinski definition) is 1. The van der Waals surface area contributed by atoms with Crippen LogP contribution in [0.1, 0.15) is 19.3 Å². The molecule has 28 heavy (non-hydrogen) atoms. The zero-order valence-corrected chi connectivity index (χ0v) is 15.3. The lowest BCUT2D eigenvalue weighted by Gasteiger charge is -2.35. The molecule has 0 radical (unpaired) electrons. The molecule has 2 aliphatic heterocycles. The van der Waals surface area contributed by atoms with Gasteiger partial charge in [0.05, 0.1) is 18.2 Å². The topological polar surface area (TPSA) is 52.7 Å². The number of anilines is 2. The summed E-state index contributed by atoms with van der Waals surface area (Å²) < 4.78 is 26.1. The summed E-state index contributed by atoms with van der Waals surface area (Å²) in [5, 5.41) is 3.39. The summed E-state index contributed by atoms with van der Waals surface area (Å²) in [6.45, 7) is 1.39. The van der Waals surface area contributed by atoms with Gasteiger partial charge >= 0.3 is 0 Å². The number of carbonyl (C=O) groups excluding carboxylic acids is 2. The summed E-state index contributed by atoms with van der Waals surface area (Å²) in [5.41, 5.74) is 1.28. The van der Waals surface area contributed by atoms with Gasteiger partial charge in [-0.3, -0.25) is 14.5 Å². The Morgan fingerprint density at radius 1 is 0.857 bits per heavy atom. The highest BCUT2D eigenvalue weighted by Gasteiger charge is 2.43. The van der Waals surface area contributed by atoms with Crippen LogP contribution in [-0.4, -0.2) is 41.9 Å². The first-order chi connectivity index (χ1) is 13.5. The van der Waals surface area contributed by atoms with E-state index in [0.717, 1.165) is 23.4 Å². The van der Waals surface area contributed by atoms with Crippen molar-refractivity contribution in [3.8, 4) is 0 Å². The second kappa shape index (κ2) is 7.67. The van der Waals surface area contributed by atoms with E-state index in [2.05, 4.69) is 5.32 Å². The Morgan fingerprint density at radius 2 is 1.43 bits per heavy atom. The number of piperidine rings is 1. The van der Waals surface area contributed by atoms with Crippen LogP contribution in [0.4, 0.5) is 20.2 Å². The predicted octanol–water partition coefficient (Wildman–Crippen LogP) is 3.17. The van der Waals surface area contributed by atoms with Crippen LogP contribution in [0.15, 0.2) is 48.5 Å². The molecule has 0 saturated carbocycles. The zero-order chi connectivity index (χ0) is 19.7. The number of rotatable bonds is 4. The Labute approximate surface area is 161 Å². The van der Waals surface area contributed by atoms with Gasteiger partial charge in [-0.15, -0.1) is 0 Å². The van der Waals surface area contributed by atoms with Crippen molar-refractivity contribution >= 4 is 23.2 Å². The van der Waals surface area contributed by atoms with E-state index in [0.29, 0.717) is 18.8 Å². The van der Waals surface area contributed by atoms with Crippen molar-refractivity contribution in [1.29, 1.82) is 0 Å². The number of likely N-dealkylation sites (tertiary alicyclic amines) is 1. The van der Waals surface area contributed by atoms with Crippen molar-refractivity contribution in [3.63, 3.8) is 0 Å². The van der Waals surface area contributed by atoms with Crippen LogP contribution in [0.5, 0.6) is 0 Å². The molecule has 2 heterocycles. The molecule has 7 heteroatoms. The van der Waals surface area contributed by atoms with Gasteiger partial charge in [-0.2, -0.15) is 0 Å². The quantitative estimate of drug-likeness (QED) is 0.822. The van der Waals surface area contributed by atoms with Crippen LogP contribution in [0.3, 0.4) is 0 Å². The average molecular weight is 385 g/mol. The number of carbonyl (C=O) groups is 2. The molecule has 1 N–H and O–H groups in total. The predicted molar refractivity (Wildman–Crippen MR) is 102 cm³/mol. The Morgan fingerprint density at radius 3 is 2.04 bits per heavy atom. The third kappa shape index (κ3) is 3.75. The maximum Gasteiger partial charge on any atom is 0.251 e. The van der Waals surface area contributed by atoms with E-state index in [-0.39, 0.29) is 30.1 Å². The summed E-state index contributed by atoms with van der Waals surface area (Å²) in [6.07, 6.45) is 1.80. The molecular weight excluding hydrogens is 364 g/mol. The first-order valence-corrected chi connectivity index (χ1v) is 9.40. The van der Waals surface area contributed by atoms with Gasteiger partial charge in [-0.05, 0) is 61.4 Å². The average Bonchev–Trinajstić information content (AvgIpc) is 2.99. The highest BCUT2D eigenvalue weighted by molar-refractivity contribution is 6.22. The Hall–Kier alpha value is -2.80. The third-order valence-electron chi connectivity index (χ3n) is 5.39. The monoisotopic (exact) mass is 385 g/mol. The van der Waals surface area contributed by atoms with Crippen molar-refractivity contribution in [1.82, 2.24) is 4.90 Å². The molecule has 1 atom stereocenters. The lowest BCUT2D eigenvalue weighted by Crippen LogP contribution is -2.48. The van der Waals surface area contributed by atoms with Crippen molar-refractivity contribution in [2.45, 2.75) is 31.3 Å². The summed E-state index contributed by atoms with van der Waals surface area (Å²) in [7, 11) is 0. The molecule has 4 rings (SSSR count). The molecule has 0 aromatic heterocycles. The van der Waals surface area contributed by atoms with Crippen LogP contribution < -0.4 is 10.2 Å². The van der Waals surface area contributed by atoms with Crippen LogP contribution in [-0.2, 0) is 9.59 Å². The largest absolute Gasteiger partial charge is 0.382 e. The van der Waals surface area contributed by atoms with Crippen LogP contribution in [0, 0.1) is 11.6 Å². The number of halogens is 2. The minimum Gasteiger partial charge on any atom is -0.382 e. The molecule has 146 valence electrons. The fraction of sp³-hybridized carbons (Fsp3) is 0.333. The SMILES string of the molecule is O=C1CC(N2CCC(Nc3ccc(F)cc3)CC2)C(=O)N1c1ccc(F)cc1. The molecule has 2 amide bonds. The fourth-order valence-electron chi connectivity index (χ4n) is 3.90. The van der Waals surface area contributed by atoms with Crippen molar-refractivity contribution in [2.75, 3.05) is 23.3 Å². The molecule has 2 aromatic carbocycles. The Kier molecular flexibility index (Phi) is 5.09. The van der Waals surface area contributed by atoms with Gasteiger partial charge in [-0.25, -0.2) is 13.7 Å². The maximum absolute atomic E-state index is 13.1. The standard InChI is InChI=1S/C21H21F2N3O2/c22-14-1-5-16(6-2-14)24-17-9-11-25(12-10-17)19-13-20(27)26(21(19)28)18-7-3-15(23)4-8-18/h1-8,17,19,24H,9-13H2. The number of nitrogens with zero attached hydrogens (tertiary/aromatic N) is 2. The Balaban J connectivity index is 1.37. The molecular formula is C21H21F2N3O2. The molecule has 1 unspecified atom stereocenters. The first-order valence-electron chi connectivity index (χ1n) is 9.40. The second-order valence-corrected chi connectivity index (χ2v) is 7.23. The number of amides is 2. The highest BCUT2D eigenvalue weighted by Crippen LogP contribution is 2.28. The molecule has 2 aromatic rings. The van der Waals surface area contributed by atoms with Gasteiger partial charge in [0.2, 0.25) is 5.91 Å². The Bertz CT molecular complexity index is 862. The van der Waals surface area contributed by atoms with Crippen molar-refractivity contribution in [2.24, 2.45) is 0 Å². The van der Waals surface area contributed by atoms with Crippen LogP contribution in [0.25, 0.3) is 0 Å². The molecule has 2 saturated heterocycles. The van der Waals surface area contributed by atoms with Gasteiger partial charge in [0.1, 0.15) is 11.6 Å². The molecule has 0 spiro atoms. The molecule has 5 nitrogen and oxygen atoms in total. The molecule has 2 fully saturated rings. The molecule has 0 bridgehead atoms. The van der Waals surface area contributed by atoms with Gasteiger partial charge in [0.15, 0.2) is 0 Å². The summed E-state index contributed by atoms with van der Waals surface area (Å²) in [5.74, 6) is -1.18. The highest BCUT2D eigenvalue weighted by atomic mass is 19.1. The van der Waals surface area contributed by atoms with Crippen molar-refractivity contribution in [3.05, 3.63) is 60.2 Å². The summed E-state index contributed by atoms with van der Waals surface area (Å²) >= 11 is 0. The fourth-order valence-corrected chi connectivity index (χ4v) is 3.90. The van der Waals surface area contributed by atoms with Gasteiger partial charge in [0, 0.05) is 24.8 Å². The smallest absolute Gasteiger partial charge is 0.251 e. The summed E-state index contributed by atoms with van der Waals surface area (Å²) in [4.78, 5) is 28.4. The normalized spacial score (nSPS) is 21.4. The number of nitrogens with one attached hydrogen (secondary N) is 1. The lowest BCUT2D eigenvalue weighted by atomic mass is 10.0. The van der Waals surface area contributed by atoms with Gasteiger partial charge in [-0.1, -0.05) is 0 Å². The summed E-state index contributed by atoms with van der Waals surface area (Å²) in [6, 6.07) is 11.4. The van der Waals surface area contributed by atoms with E-state index in [9.17, 15) is 18.4 Å². The number of benzene rings is 2. The van der Waals surface area contributed by atoms with Gasteiger partial charge in [0.25, 0.3) is 5.91 Å². The third-order valence-corrected chi connectivity index (χ3v) is 5.39. The minimum absolute atomic E-state index is 0.145.